The topological polar surface area (TPSA) is 52.1 Å². The van der Waals surface area contributed by atoms with Crippen LogP contribution in [-0.4, -0.2) is 22.2 Å². The van der Waals surface area contributed by atoms with Crippen LogP contribution in [0.2, 0.25) is 0 Å². The van der Waals surface area contributed by atoms with E-state index < -0.39 is 0 Å². The number of hydrogen-bond acceptors (Lipinski definition) is 5. The summed E-state index contributed by atoms with van der Waals surface area (Å²) in [5, 5.41) is 3.88. The lowest BCUT2D eigenvalue weighted by atomic mass is 10.2. The Morgan fingerprint density at radius 3 is 2.92 bits per heavy atom. The Hall–Kier alpha value is -0.970. The Bertz CT molecular complexity index is 285. The summed E-state index contributed by atoms with van der Waals surface area (Å²) in [6.07, 6.45) is 1.74. The maximum atomic E-state index is 11.3. The number of aryl methyl sites for hydroxylation is 1. The van der Waals surface area contributed by atoms with Gasteiger partial charge >= 0.3 is 5.97 Å². The van der Waals surface area contributed by atoms with Crippen molar-refractivity contribution in [3.05, 3.63) is 10.6 Å². The van der Waals surface area contributed by atoms with Crippen LogP contribution < -0.4 is 0 Å². The summed E-state index contributed by atoms with van der Waals surface area (Å²) < 4.78 is 8.60. The second-order valence-corrected chi connectivity index (χ2v) is 3.27. The van der Waals surface area contributed by atoms with Crippen molar-refractivity contribution >= 4 is 17.5 Å². The van der Waals surface area contributed by atoms with Crippen molar-refractivity contribution in [1.82, 2.24) is 9.59 Å². The van der Waals surface area contributed by atoms with Gasteiger partial charge in [0.2, 0.25) is 0 Å². The molecule has 0 spiro atoms. The number of aromatic nitrogens is 2. The minimum absolute atomic E-state index is 0.305. The smallest absolute Gasteiger partial charge is 0.351 e. The molecule has 1 aromatic heterocycles. The summed E-state index contributed by atoms with van der Waals surface area (Å²) in [5.41, 5.74) is 0.756. The van der Waals surface area contributed by atoms with Gasteiger partial charge in [0.05, 0.1) is 12.3 Å². The predicted octanol–water partition coefficient (Wildman–Crippen LogP) is 1.67. The number of esters is 1. The van der Waals surface area contributed by atoms with Crippen LogP contribution in [0.3, 0.4) is 0 Å². The third kappa shape index (κ3) is 2.48. The molecule has 0 atom stereocenters. The van der Waals surface area contributed by atoms with Gasteiger partial charge in [0.25, 0.3) is 0 Å². The van der Waals surface area contributed by atoms with Crippen LogP contribution in [0.15, 0.2) is 0 Å². The van der Waals surface area contributed by atoms with E-state index in [1.54, 1.807) is 6.92 Å². The van der Waals surface area contributed by atoms with E-state index >= 15 is 0 Å². The van der Waals surface area contributed by atoms with E-state index in [2.05, 4.69) is 9.59 Å². The summed E-state index contributed by atoms with van der Waals surface area (Å²) in [6.45, 7) is 4.21. The molecule has 0 saturated heterocycles. The van der Waals surface area contributed by atoms with E-state index in [0.717, 1.165) is 30.1 Å². The molecule has 0 aliphatic rings. The van der Waals surface area contributed by atoms with Crippen LogP contribution in [0.4, 0.5) is 0 Å². The first-order chi connectivity index (χ1) is 6.29. The first-order valence-electron chi connectivity index (χ1n) is 4.27. The average Bonchev–Trinajstić information content (AvgIpc) is 2.54. The van der Waals surface area contributed by atoms with Crippen LogP contribution in [0.5, 0.6) is 0 Å². The zero-order valence-corrected chi connectivity index (χ0v) is 8.56. The van der Waals surface area contributed by atoms with Gasteiger partial charge in [-0.2, -0.15) is 0 Å². The highest BCUT2D eigenvalue weighted by molar-refractivity contribution is 7.07. The molecule has 1 heterocycles. The van der Waals surface area contributed by atoms with E-state index in [0.29, 0.717) is 11.5 Å². The van der Waals surface area contributed by atoms with E-state index in [1.807, 2.05) is 6.92 Å². The molecule has 4 nitrogen and oxygen atoms in total. The minimum Gasteiger partial charge on any atom is -0.462 e. The van der Waals surface area contributed by atoms with Crippen molar-refractivity contribution in [3.63, 3.8) is 0 Å². The number of ether oxygens (including phenoxy) is 1. The second-order valence-electron chi connectivity index (χ2n) is 2.52. The van der Waals surface area contributed by atoms with Gasteiger partial charge in [0, 0.05) is 0 Å². The van der Waals surface area contributed by atoms with Gasteiger partial charge < -0.3 is 4.74 Å². The van der Waals surface area contributed by atoms with Gasteiger partial charge in [0.1, 0.15) is 0 Å². The Balaban J connectivity index is 2.74. The SMILES string of the molecule is CCCc1nnsc1C(=O)OCC. The van der Waals surface area contributed by atoms with E-state index in [4.69, 9.17) is 4.74 Å². The fraction of sp³-hybridized carbons (Fsp3) is 0.625. The van der Waals surface area contributed by atoms with Crippen LogP contribution in [0.1, 0.15) is 35.6 Å². The monoisotopic (exact) mass is 200 g/mol. The first-order valence-corrected chi connectivity index (χ1v) is 5.05. The number of carbonyl (C=O) groups excluding carboxylic acids is 1. The molecule has 5 heteroatoms. The number of hydrogen-bond donors (Lipinski definition) is 0. The zero-order valence-electron chi connectivity index (χ0n) is 7.74. The molecule has 0 unspecified atom stereocenters. The fourth-order valence-corrected chi connectivity index (χ4v) is 1.56. The lowest BCUT2D eigenvalue weighted by molar-refractivity contribution is 0.0530. The molecule has 13 heavy (non-hydrogen) atoms. The van der Waals surface area contributed by atoms with Gasteiger partial charge in [-0.25, -0.2) is 4.79 Å². The molecule has 0 aliphatic heterocycles. The summed E-state index contributed by atoms with van der Waals surface area (Å²) in [6, 6.07) is 0. The molecule has 1 rings (SSSR count). The lowest BCUT2D eigenvalue weighted by Crippen LogP contribution is -2.05. The van der Waals surface area contributed by atoms with Gasteiger partial charge in [0.15, 0.2) is 4.88 Å². The molecular formula is C8H12N2O2S. The third-order valence-electron chi connectivity index (χ3n) is 1.50. The molecule has 0 bridgehead atoms. The molecule has 0 fully saturated rings. The standard InChI is InChI=1S/C8H12N2O2S/c1-3-5-6-7(13-10-9-6)8(11)12-4-2/h3-5H2,1-2H3. The molecule has 72 valence electrons. The Labute approximate surface area is 81.1 Å². The number of rotatable bonds is 4. The molecule has 0 saturated carbocycles. The quantitative estimate of drug-likeness (QED) is 0.694. The van der Waals surface area contributed by atoms with Gasteiger partial charge in [-0.15, -0.1) is 5.10 Å². The highest BCUT2D eigenvalue weighted by Gasteiger charge is 2.15. The molecular weight excluding hydrogens is 188 g/mol. The lowest BCUT2D eigenvalue weighted by Gasteiger charge is -1.98. The first kappa shape index (κ1) is 10.1. The summed E-state index contributed by atoms with van der Waals surface area (Å²) in [7, 11) is 0. The van der Waals surface area contributed by atoms with E-state index in [9.17, 15) is 4.79 Å². The van der Waals surface area contributed by atoms with Crippen molar-refractivity contribution in [2.45, 2.75) is 26.7 Å². The van der Waals surface area contributed by atoms with Crippen LogP contribution in [-0.2, 0) is 11.2 Å². The Morgan fingerprint density at radius 1 is 1.54 bits per heavy atom. The van der Waals surface area contributed by atoms with Crippen LogP contribution in [0, 0.1) is 0 Å². The summed E-state index contributed by atoms with van der Waals surface area (Å²) >= 11 is 1.10. The molecule has 0 radical (unpaired) electrons. The Morgan fingerprint density at radius 2 is 2.31 bits per heavy atom. The third-order valence-corrected chi connectivity index (χ3v) is 2.25. The van der Waals surface area contributed by atoms with Crippen LogP contribution >= 0.6 is 11.5 Å². The number of carbonyl (C=O) groups is 1. The maximum Gasteiger partial charge on any atom is 0.351 e. The molecule has 0 N–H and O–H groups in total. The molecule has 0 amide bonds. The van der Waals surface area contributed by atoms with E-state index in [-0.39, 0.29) is 5.97 Å². The highest BCUT2D eigenvalue weighted by Crippen LogP contribution is 2.13. The minimum atomic E-state index is -0.305. The molecule has 0 aromatic carbocycles. The maximum absolute atomic E-state index is 11.3. The highest BCUT2D eigenvalue weighted by atomic mass is 32.1. The second kappa shape index (κ2) is 4.91. The van der Waals surface area contributed by atoms with Crippen molar-refractivity contribution in [2.24, 2.45) is 0 Å². The predicted molar refractivity (Wildman–Crippen MR) is 49.9 cm³/mol. The Kier molecular flexibility index (Phi) is 3.82. The van der Waals surface area contributed by atoms with Gasteiger partial charge in [-0.3, -0.25) is 0 Å². The van der Waals surface area contributed by atoms with Crippen molar-refractivity contribution in [3.8, 4) is 0 Å². The summed E-state index contributed by atoms with van der Waals surface area (Å²) in [4.78, 5) is 11.9. The largest absolute Gasteiger partial charge is 0.462 e. The van der Waals surface area contributed by atoms with Gasteiger partial charge in [-0.1, -0.05) is 17.8 Å². The number of nitrogens with zero attached hydrogens (tertiary/aromatic N) is 2. The average molecular weight is 200 g/mol. The molecule has 1 aromatic rings. The summed E-state index contributed by atoms with van der Waals surface area (Å²) in [5.74, 6) is -0.305. The van der Waals surface area contributed by atoms with Crippen molar-refractivity contribution in [1.29, 1.82) is 0 Å². The normalized spacial score (nSPS) is 10.0. The van der Waals surface area contributed by atoms with E-state index in [1.165, 1.54) is 0 Å². The fourth-order valence-electron chi connectivity index (χ4n) is 0.961. The molecule has 0 aliphatic carbocycles. The van der Waals surface area contributed by atoms with Crippen molar-refractivity contribution in [2.75, 3.05) is 6.61 Å². The van der Waals surface area contributed by atoms with Gasteiger partial charge in [-0.05, 0) is 24.9 Å². The van der Waals surface area contributed by atoms with Crippen LogP contribution in [0.25, 0.3) is 0 Å². The van der Waals surface area contributed by atoms with Crippen molar-refractivity contribution < 1.29 is 9.53 Å². The zero-order chi connectivity index (χ0) is 9.68.